The van der Waals surface area contributed by atoms with Crippen molar-refractivity contribution in [2.24, 2.45) is 0 Å². The molecule has 2 aromatic carbocycles. The molecule has 4 rings (SSSR count). The summed E-state index contributed by atoms with van der Waals surface area (Å²) in [5, 5.41) is 2.88. The van der Waals surface area contributed by atoms with Gasteiger partial charge in [0.15, 0.2) is 11.5 Å². The maximum absolute atomic E-state index is 12.7. The van der Waals surface area contributed by atoms with Crippen LogP contribution < -0.4 is 24.4 Å². The van der Waals surface area contributed by atoms with Gasteiger partial charge in [0.05, 0.1) is 18.1 Å². The number of carbonyl (C=O) groups excluding carboxylic acids is 1. The van der Waals surface area contributed by atoms with Crippen LogP contribution in [0.25, 0.3) is 0 Å². The van der Waals surface area contributed by atoms with Crippen LogP contribution in [-0.2, 0) is 14.8 Å². The molecule has 0 atom stereocenters. The van der Waals surface area contributed by atoms with Gasteiger partial charge in [0.2, 0.25) is 15.9 Å². The minimum atomic E-state index is -3.78. The smallest absolute Gasteiger partial charge is 0.240 e. The van der Waals surface area contributed by atoms with Crippen molar-refractivity contribution in [1.82, 2.24) is 9.62 Å². The second-order valence-electron chi connectivity index (χ2n) is 8.64. The number of benzene rings is 2. The summed E-state index contributed by atoms with van der Waals surface area (Å²) in [6.07, 6.45) is 0.756. The molecule has 10 heteroatoms. The van der Waals surface area contributed by atoms with E-state index in [9.17, 15) is 13.2 Å². The lowest BCUT2D eigenvalue weighted by Gasteiger charge is -2.34. The third-order valence-electron chi connectivity index (χ3n) is 6.03. The van der Waals surface area contributed by atoms with E-state index in [1.54, 1.807) is 6.07 Å². The van der Waals surface area contributed by atoms with Crippen LogP contribution in [0.5, 0.6) is 11.5 Å². The van der Waals surface area contributed by atoms with Crippen LogP contribution in [0.4, 0.5) is 11.4 Å². The van der Waals surface area contributed by atoms with Crippen molar-refractivity contribution in [3.8, 4) is 11.5 Å². The Labute approximate surface area is 201 Å². The van der Waals surface area contributed by atoms with Gasteiger partial charge < -0.3 is 24.6 Å². The Morgan fingerprint density at radius 2 is 1.74 bits per heavy atom. The molecule has 0 radical (unpaired) electrons. The van der Waals surface area contributed by atoms with Gasteiger partial charge in [-0.2, -0.15) is 0 Å². The van der Waals surface area contributed by atoms with E-state index in [4.69, 9.17) is 9.47 Å². The van der Waals surface area contributed by atoms with Gasteiger partial charge >= 0.3 is 0 Å². The molecule has 34 heavy (non-hydrogen) atoms. The Kier molecular flexibility index (Phi) is 7.60. The summed E-state index contributed by atoms with van der Waals surface area (Å²) in [5.41, 5.74) is 2.85. The van der Waals surface area contributed by atoms with Crippen LogP contribution in [0.1, 0.15) is 18.4 Å². The van der Waals surface area contributed by atoms with Gasteiger partial charge in [-0.15, -0.1) is 0 Å². The van der Waals surface area contributed by atoms with Crippen LogP contribution in [-0.4, -0.2) is 72.2 Å². The van der Waals surface area contributed by atoms with Gasteiger partial charge in [0.25, 0.3) is 0 Å². The number of anilines is 2. The first-order chi connectivity index (χ1) is 16.3. The van der Waals surface area contributed by atoms with E-state index in [0.29, 0.717) is 24.7 Å². The van der Waals surface area contributed by atoms with Crippen molar-refractivity contribution in [3.05, 3.63) is 42.0 Å². The normalized spacial score (nSPS) is 16.7. The number of hydrogen-bond acceptors (Lipinski definition) is 7. The molecule has 184 valence electrons. The first-order valence-electron chi connectivity index (χ1n) is 11.6. The first kappa shape index (κ1) is 24.3. The minimum Gasteiger partial charge on any atom is -0.490 e. The third-order valence-corrected chi connectivity index (χ3v) is 7.48. The predicted octanol–water partition coefficient (Wildman–Crippen LogP) is 2.22. The number of amides is 1. The molecule has 1 amide bonds. The molecular formula is C24H32N4O5S. The predicted molar refractivity (Wildman–Crippen MR) is 131 cm³/mol. The lowest BCUT2D eigenvalue weighted by atomic mass is 10.1. The van der Waals surface area contributed by atoms with Crippen LogP contribution >= 0.6 is 0 Å². The number of rotatable bonds is 7. The van der Waals surface area contributed by atoms with Crippen molar-refractivity contribution in [2.75, 3.05) is 63.2 Å². The van der Waals surface area contributed by atoms with Crippen molar-refractivity contribution in [1.29, 1.82) is 0 Å². The highest BCUT2D eigenvalue weighted by molar-refractivity contribution is 7.89. The summed E-state index contributed by atoms with van der Waals surface area (Å²) in [6, 6.07) is 10.5. The number of fused-ring (bicyclic) bond motifs is 1. The zero-order chi connectivity index (χ0) is 24.1. The van der Waals surface area contributed by atoms with E-state index < -0.39 is 10.0 Å². The number of sulfonamides is 1. The van der Waals surface area contributed by atoms with Gasteiger partial charge in [0, 0.05) is 63.0 Å². The Morgan fingerprint density at radius 1 is 1.00 bits per heavy atom. The summed E-state index contributed by atoms with van der Waals surface area (Å²) < 4.78 is 38.9. The maximum Gasteiger partial charge on any atom is 0.240 e. The molecule has 2 aliphatic rings. The molecule has 2 N–H and O–H groups in total. The Bertz CT molecular complexity index is 1130. The van der Waals surface area contributed by atoms with Gasteiger partial charge in [-0.3, -0.25) is 4.79 Å². The number of aryl methyl sites for hydroxylation is 1. The van der Waals surface area contributed by atoms with Crippen LogP contribution in [0.15, 0.2) is 41.3 Å². The van der Waals surface area contributed by atoms with Crippen LogP contribution in [0.3, 0.4) is 0 Å². The van der Waals surface area contributed by atoms with Crippen LogP contribution in [0.2, 0.25) is 0 Å². The summed E-state index contributed by atoms with van der Waals surface area (Å²) in [7, 11) is -1.66. The quantitative estimate of drug-likeness (QED) is 0.616. The van der Waals surface area contributed by atoms with Crippen molar-refractivity contribution < 1.29 is 22.7 Å². The van der Waals surface area contributed by atoms with Crippen molar-refractivity contribution >= 4 is 27.3 Å². The van der Waals surface area contributed by atoms with Gasteiger partial charge in [-0.1, -0.05) is 0 Å². The summed E-state index contributed by atoms with van der Waals surface area (Å²) in [6.45, 7) is 6.96. The Balaban J connectivity index is 1.30. The molecular weight excluding hydrogens is 456 g/mol. The SMILES string of the molecule is Cc1cc(N2CCN(C)CC2)ccc1NC(=O)CCNS(=O)(=O)c1ccc2c(c1)OCCCO2. The minimum absolute atomic E-state index is 0.0129. The fourth-order valence-electron chi connectivity index (χ4n) is 3.96. The lowest BCUT2D eigenvalue weighted by molar-refractivity contribution is -0.116. The summed E-state index contributed by atoms with van der Waals surface area (Å²) >= 11 is 0. The highest BCUT2D eigenvalue weighted by Crippen LogP contribution is 2.31. The summed E-state index contributed by atoms with van der Waals surface area (Å²) in [4.78, 5) is 17.2. The van der Waals surface area contributed by atoms with E-state index in [1.807, 2.05) is 19.1 Å². The average Bonchev–Trinajstić information content (AvgIpc) is 3.06. The Morgan fingerprint density at radius 3 is 2.47 bits per heavy atom. The summed E-state index contributed by atoms with van der Waals surface area (Å²) in [5.74, 6) is 0.690. The fourth-order valence-corrected chi connectivity index (χ4v) is 5.00. The van der Waals surface area contributed by atoms with E-state index in [0.717, 1.165) is 49.5 Å². The topological polar surface area (TPSA) is 100 Å². The zero-order valence-corrected chi connectivity index (χ0v) is 20.5. The molecule has 0 aromatic heterocycles. The number of ether oxygens (including phenoxy) is 2. The largest absolute Gasteiger partial charge is 0.490 e. The molecule has 9 nitrogen and oxygen atoms in total. The highest BCUT2D eigenvalue weighted by Gasteiger charge is 2.19. The molecule has 0 unspecified atom stereocenters. The van der Waals surface area contributed by atoms with Gasteiger partial charge in [-0.05, 0) is 49.9 Å². The Hall–Kier alpha value is -2.82. The van der Waals surface area contributed by atoms with E-state index >= 15 is 0 Å². The second kappa shape index (κ2) is 10.6. The number of nitrogens with zero attached hydrogens (tertiary/aromatic N) is 2. The number of piperazine rings is 1. The number of likely N-dealkylation sites (N-methyl/N-ethyl adjacent to an activating group) is 1. The van der Waals surface area contributed by atoms with Crippen molar-refractivity contribution in [2.45, 2.75) is 24.7 Å². The molecule has 1 saturated heterocycles. The molecule has 2 heterocycles. The highest BCUT2D eigenvalue weighted by atomic mass is 32.2. The average molecular weight is 489 g/mol. The fraction of sp³-hybridized carbons (Fsp3) is 0.458. The van der Waals surface area contributed by atoms with Gasteiger partial charge in [-0.25, -0.2) is 13.1 Å². The van der Waals surface area contributed by atoms with Crippen molar-refractivity contribution in [3.63, 3.8) is 0 Å². The molecule has 2 aromatic rings. The maximum atomic E-state index is 12.7. The van der Waals surface area contributed by atoms with E-state index in [1.165, 1.54) is 12.1 Å². The molecule has 0 spiro atoms. The second-order valence-corrected chi connectivity index (χ2v) is 10.4. The standard InChI is InChI=1S/C24H32N4O5S/c1-18-16-19(28-12-10-27(2)11-13-28)4-6-21(18)26-24(29)8-9-25-34(30,31)20-5-7-22-23(17-20)33-15-3-14-32-22/h4-7,16-17,25H,3,8-15H2,1-2H3,(H,26,29). The van der Waals surface area contributed by atoms with Crippen LogP contribution in [0, 0.1) is 6.92 Å². The molecule has 2 aliphatic heterocycles. The number of hydrogen-bond donors (Lipinski definition) is 2. The van der Waals surface area contributed by atoms with E-state index in [-0.39, 0.29) is 23.8 Å². The molecule has 0 saturated carbocycles. The number of carbonyl (C=O) groups is 1. The number of nitrogens with one attached hydrogen (secondary N) is 2. The molecule has 0 bridgehead atoms. The van der Waals surface area contributed by atoms with Gasteiger partial charge in [0.1, 0.15) is 0 Å². The van der Waals surface area contributed by atoms with E-state index in [2.05, 4.69) is 33.0 Å². The molecule has 1 fully saturated rings. The lowest BCUT2D eigenvalue weighted by Crippen LogP contribution is -2.44. The zero-order valence-electron chi connectivity index (χ0n) is 19.7. The first-order valence-corrected chi connectivity index (χ1v) is 13.0. The molecule has 0 aliphatic carbocycles. The monoisotopic (exact) mass is 488 g/mol. The third kappa shape index (κ3) is 5.99.